The van der Waals surface area contributed by atoms with Gasteiger partial charge in [-0.2, -0.15) is 23.4 Å². The van der Waals surface area contributed by atoms with Crippen molar-refractivity contribution in [2.24, 2.45) is 12.5 Å². The van der Waals surface area contributed by atoms with Crippen molar-refractivity contribution in [2.75, 3.05) is 36.0 Å². The molecule has 0 spiro atoms. The van der Waals surface area contributed by atoms with Crippen LogP contribution >= 0.6 is 0 Å². The summed E-state index contributed by atoms with van der Waals surface area (Å²) in [6.45, 7) is 13.6. The van der Waals surface area contributed by atoms with Gasteiger partial charge in [-0.3, -0.25) is 9.78 Å². The van der Waals surface area contributed by atoms with Crippen molar-refractivity contribution in [1.29, 1.82) is 0 Å². The number of aromatic amines is 1. The lowest BCUT2D eigenvalue weighted by Crippen LogP contribution is -2.50. The smallest absolute Gasteiger partial charge is 0.378 e. The lowest BCUT2D eigenvalue weighted by atomic mass is 9.81. The number of nitrogens with one attached hydrogen (secondary N) is 1. The molecule has 224 valence electrons. The van der Waals surface area contributed by atoms with Gasteiger partial charge in [0.1, 0.15) is 11.6 Å². The summed E-state index contributed by atoms with van der Waals surface area (Å²) in [4.78, 5) is 14.6. The maximum atomic E-state index is 13.5. The number of anilines is 2. The number of nitrogens with zero attached hydrogens (tertiary/aromatic N) is 7. The minimum Gasteiger partial charge on any atom is -0.378 e. The first kappa shape index (κ1) is 28.4. The molecule has 0 amide bonds. The van der Waals surface area contributed by atoms with Gasteiger partial charge in [0, 0.05) is 74.2 Å². The quantitative estimate of drug-likeness (QED) is 0.328. The molecule has 2 aliphatic rings. The Morgan fingerprint density at radius 2 is 1.90 bits per heavy atom. The summed E-state index contributed by atoms with van der Waals surface area (Å²) < 4.78 is 47.8. The molecule has 4 aromatic rings. The van der Waals surface area contributed by atoms with Gasteiger partial charge in [-0.25, -0.2) is 9.97 Å². The Hall–Kier alpha value is -3.67. The van der Waals surface area contributed by atoms with Gasteiger partial charge in [0.25, 0.3) is 0 Å². The molecule has 0 bridgehead atoms. The SMILES string of the molecule is CCOC1CCN(c2nc(-c3c(C)ccc4[nH]nc(C)c34)nc3c2CN(c2cc(C(F)(F)F)nn2C)CC3)CC1(C)C. The highest BCUT2D eigenvalue weighted by atomic mass is 19.4. The van der Waals surface area contributed by atoms with E-state index in [1.54, 1.807) is 7.05 Å². The van der Waals surface area contributed by atoms with Crippen molar-refractivity contribution in [3.05, 3.63) is 46.4 Å². The van der Waals surface area contributed by atoms with Gasteiger partial charge in [-0.15, -0.1) is 0 Å². The largest absolute Gasteiger partial charge is 0.435 e. The Bertz CT molecular complexity index is 1640. The number of benzene rings is 1. The van der Waals surface area contributed by atoms with E-state index in [9.17, 15) is 13.2 Å². The molecule has 0 saturated carbocycles. The number of fused-ring (bicyclic) bond motifs is 2. The summed E-state index contributed by atoms with van der Waals surface area (Å²) in [7, 11) is 1.55. The third-order valence-electron chi connectivity index (χ3n) is 8.65. The summed E-state index contributed by atoms with van der Waals surface area (Å²) >= 11 is 0. The number of H-pyrrole nitrogens is 1. The van der Waals surface area contributed by atoms with Crippen LogP contribution in [0.4, 0.5) is 24.8 Å². The van der Waals surface area contributed by atoms with Crippen molar-refractivity contribution in [3.63, 3.8) is 0 Å². The van der Waals surface area contributed by atoms with Gasteiger partial charge in [0.2, 0.25) is 0 Å². The lowest BCUT2D eigenvalue weighted by molar-refractivity contribution is -0.141. The zero-order chi connectivity index (χ0) is 30.0. The molecule has 0 aliphatic carbocycles. The highest BCUT2D eigenvalue weighted by Crippen LogP contribution is 2.40. The summed E-state index contributed by atoms with van der Waals surface area (Å²) in [5.41, 5.74) is 4.67. The van der Waals surface area contributed by atoms with Crippen LogP contribution < -0.4 is 9.80 Å². The number of hydrogen-bond acceptors (Lipinski definition) is 7. The predicted octanol–water partition coefficient (Wildman–Crippen LogP) is 5.59. The molecule has 6 rings (SSSR count). The standard InChI is InChI=1S/C30H37F3N8O/c1-7-42-23-11-13-41(16-29(23,4)5)28-19-15-40(24-14-22(30(31,32)33)38-39(24)6)12-10-20(19)34-27(35-28)25-17(2)8-9-21-26(25)18(3)36-37-21/h8-9,14,23H,7,10-13,15-16H2,1-6H3,(H,36,37). The van der Waals surface area contributed by atoms with E-state index < -0.39 is 11.9 Å². The first-order valence-electron chi connectivity index (χ1n) is 14.4. The Labute approximate surface area is 243 Å². The molecular weight excluding hydrogens is 545 g/mol. The van der Waals surface area contributed by atoms with Gasteiger partial charge in [0.05, 0.1) is 23.0 Å². The summed E-state index contributed by atoms with van der Waals surface area (Å²) in [5.74, 6) is 1.90. The maximum Gasteiger partial charge on any atom is 0.435 e. The molecule has 1 aromatic carbocycles. The fourth-order valence-electron chi connectivity index (χ4n) is 6.55. The van der Waals surface area contributed by atoms with E-state index in [1.807, 2.05) is 24.8 Å². The maximum absolute atomic E-state index is 13.5. The Morgan fingerprint density at radius 1 is 1.12 bits per heavy atom. The second kappa shape index (κ2) is 10.3. The molecule has 42 heavy (non-hydrogen) atoms. The molecule has 1 saturated heterocycles. The minimum atomic E-state index is -4.51. The van der Waals surface area contributed by atoms with Crippen LogP contribution in [0.25, 0.3) is 22.3 Å². The molecule has 1 N–H and O–H groups in total. The average molecular weight is 583 g/mol. The Morgan fingerprint density at radius 3 is 2.60 bits per heavy atom. The molecule has 3 aromatic heterocycles. The molecule has 1 atom stereocenters. The van der Waals surface area contributed by atoms with Crippen LogP contribution in [0.2, 0.25) is 0 Å². The number of alkyl halides is 3. The first-order chi connectivity index (χ1) is 19.9. The highest BCUT2D eigenvalue weighted by molar-refractivity contribution is 5.96. The van der Waals surface area contributed by atoms with Crippen molar-refractivity contribution >= 4 is 22.5 Å². The number of aryl methyl sites for hydroxylation is 3. The van der Waals surface area contributed by atoms with Gasteiger partial charge in [-0.1, -0.05) is 19.9 Å². The van der Waals surface area contributed by atoms with E-state index in [1.165, 1.54) is 4.68 Å². The molecule has 1 unspecified atom stereocenters. The highest BCUT2D eigenvalue weighted by Gasteiger charge is 2.39. The van der Waals surface area contributed by atoms with Crippen LogP contribution in [-0.2, 0) is 30.9 Å². The van der Waals surface area contributed by atoms with Crippen molar-refractivity contribution in [3.8, 4) is 11.4 Å². The number of ether oxygens (including phenoxy) is 1. The Balaban J connectivity index is 1.47. The molecule has 12 heteroatoms. The average Bonchev–Trinajstić information content (AvgIpc) is 3.51. The second-order valence-corrected chi connectivity index (χ2v) is 12.1. The first-order valence-corrected chi connectivity index (χ1v) is 14.4. The zero-order valence-electron chi connectivity index (χ0n) is 24.9. The monoisotopic (exact) mass is 582 g/mol. The molecule has 9 nitrogen and oxygen atoms in total. The third kappa shape index (κ3) is 4.89. The molecule has 2 aliphatic heterocycles. The molecular formula is C30H37F3N8O. The van der Waals surface area contributed by atoms with E-state index in [4.69, 9.17) is 14.7 Å². The van der Waals surface area contributed by atoms with Crippen molar-refractivity contribution in [1.82, 2.24) is 29.9 Å². The van der Waals surface area contributed by atoms with E-state index >= 15 is 0 Å². The molecule has 5 heterocycles. The van der Waals surface area contributed by atoms with Gasteiger partial charge in [-0.05, 0) is 38.8 Å². The molecule has 1 fully saturated rings. The van der Waals surface area contributed by atoms with E-state index in [2.05, 4.69) is 47.0 Å². The van der Waals surface area contributed by atoms with E-state index in [-0.39, 0.29) is 11.5 Å². The number of halogens is 3. The minimum absolute atomic E-state index is 0.124. The number of hydrogen-bond donors (Lipinski definition) is 1. The summed E-state index contributed by atoms with van der Waals surface area (Å²) in [6.07, 6.45) is -2.95. The normalized spacial score (nSPS) is 19.0. The summed E-state index contributed by atoms with van der Waals surface area (Å²) in [5, 5.41) is 12.3. The van der Waals surface area contributed by atoms with Crippen LogP contribution in [0.5, 0.6) is 0 Å². The fraction of sp³-hybridized carbons (Fsp3) is 0.533. The van der Waals surface area contributed by atoms with Crippen LogP contribution in [-0.4, -0.2) is 62.3 Å². The van der Waals surface area contributed by atoms with Crippen LogP contribution in [0, 0.1) is 19.3 Å². The number of aromatic nitrogens is 6. The predicted molar refractivity (Wildman–Crippen MR) is 156 cm³/mol. The second-order valence-electron chi connectivity index (χ2n) is 12.1. The topological polar surface area (TPSA) is 88.0 Å². The fourth-order valence-corrected chi connectivity index (χ4v) is 6.55. The van der Waals surface area contributed by atoms with E-state index in [0.29, 0.717) is 37.8 Å². The zero-order valence-corrected chi connectivity index (χ0v) is 24.9. The molecule has 0 radical (unpaired) electrons. The van der Waals surface area contributed by atoms with Crippen molar-refractivity contribution in [2.45, 2.75) is 66.3 Å². The lowest BCUT2D eigenvalue weighted by Gasteiger charge is -2.45. The van der Waals surface area contributed by atoms with Crippen LogP contribution in [0.15, 0.2) is 18.2 Å². The van der Waals surface area contributed by atoms with Gasteiger partial charge in [0.15, 0.2) is 11.5 Å². The van der Waals surface area contributed by atoms with Gasteiger partial charge < -0.3 is 14.5 Å². The van der Waals surface area contributed by atoms with Gasteiger partial charge >= 0.3 is 6.18 Å². The third-order valence-corrected chi connectivity index (χ3v) is 8.65. The van der Waals surface area contributed by atoms with E-state index in [0.717, 1.165) is 70.4 Å². The van der Waals surface area contributed by atoms with Crippen molar-refractivity contribution < 1.29 is 17.9 Å². The number of rotatable bonds is 5. The van der Waals surface area contributed by atoms with Crippen LogP contribution in [0.1, 0.15) is 55.4 Å². The Kier molecular flexibility index (Phi) is 6.94. The number of piperidine rings is 1. The summed E-state index contributed by atoms with van der Waals surface area (Å²) in [6, 6.07) is 5.20. The van der Waals surface area contributed by atoms with Crippen LogP contribution in [0.3, 0.4) is 0 Å².